The highest BCUT2D eigenvalue weighted by Crippen LogP contribution is 2.43. The number of fused-ring (bicyclic) bond motifs is 10. The highest BCUT2D eigenvalue weighted by molar-refractivity contribution is 7.25. The molecule has 0 amide bonds. The van der Waals surface area contributed by atoms with E-state index in [1.165, 1.54) is 85.9 Å². The maximum absolute atomic E-state index is 2.46. The monoisotopic (exact) mass is 564 g/mol. The number of aromatic nitrogens is 2. The molecular weight excluding hydrogens is 541 g/mol. The summed E-state index contributed by atoms with van der Waals surface area (Å²) in [6.45, 7) is 0. The molecule has 0 aliphatic heterocycles. The minimum atomic E-state index is 1.18. The van der Waals surface area contributed by atoms with E-state index in [1.54, 1.807) is 0 Å². The van der Waals surface area contributed by atoms with Gasteiger partial charge < -0.3 is 9.13 Å². The molecule has 0 atom stereocenters. The van der Waals surface area contributed by atoms with Crippen molar-refractivity contribution in [3.63, 3.8) is 0 Å². The second kappa shape index (κ2) is 8.57. The number of hydrogen-bond acceptors (Lipinski definition) is 1. The van der Waals surface area contributed by atoms with Crippen molar-refractivity contribution in [3.8, 4) is 11.4 Å². The summed E-state index contributed by atoms with van der Waals surface area (Å²) in [5, 5.41) is 10.3. The fourth-order valence-corrected chi connectivity index (χ4v) is 8.27. The molecule has 0 saturated heterocycles. The number of para-hydroxylation sites is 2. The SMILES string of the molecule is c1ccc(-n2c3cc4c(cc3c3cc5c6ccccc6n(-c6ccc7ccccc7c6)c5cc32)sc2ccccc24)cc1. The molecule has 3 heterocycles. The first-order valence-corrected chi connectivity index (χ1v) is 15.5. The first-order chi connectivity index (χ1) is 21.3. The number of benzene rings is 7. The molecule has 10 rings (SSSR count). The summed E-state index contributed by atoms with van der Waals surface area (Å²) in [4.78, 5) is 0. The topological polar surface area (TPSA) is 9.86 Å². The Kier molecular flexibility index (Phi) is 4.63. The molecule has 0 N–H and O–H groups in total. The van der Waals surface area contributed by atoms with Gasteiger partial charge in [0.1, 0.15) is 0 Å². The number of thiophene rings is 1. The van der Waals surface area contributed by atoms with Crippen molar-refractivity contribution < 1.29 is 0 Å². The smallest absolute Gasteiger partial charge is 0.0562 e. The largest absolute Gasteiger partial charge is 0.309 e. The molecule has 0 aliphatic rings. The van der Waals surface area contributed by atoms with Gasteiger partial charge in [-0.3, -0.25) is 0 Å². The maximum atomic E-state index is 2.46. The summed E-state index contributed by atoms with van der Waals surface area (Å²) in [7, 11) is 0. The Bertz CT molecular complexity index is 2720. The van der Waals surface area contributed by atoms with Gasteiger partial charge in [0.05, 0.1) is 22.1 Å². The zero-order chi connectivity index (χ0) is 28.1. The normalized spacial score (nSPS) is 12.2. The van der Waals surface area contributed by atoms with Crippen molar-refractivity contribution in [2.75, 3.05) is 0 Å². The lowest BCUT2D eigenvalue weighted by atomic mass is 10.1. The van der Waals surface area contributed by atoms with E-state index in [-0.39, 0.29) is 0 Å². The van der Waals surface area contributed by atoms with Crippen molar-refractivity contribution in [3.05, 3.63) is 146 Å². The molecule has 10 aromatic rings. The fraction of sp³-hybridized carbons (Fsp3) is 0. The quantitative estimate of drug-likeness (QED) is 0.198. The number of hydrogen-bond donors (Lipinski definition) is 0. The van der Waals surface area contributed by atoms with E-state index in [1.807, 2.05) is 11.3 Å². The molecule has 7 aromatic carbocycles. The van der Waals surface area contributed by atoms with Crippen LogP contribution in [0.3, 0.4) is 0 Å². The van der Waals surface area contributed by atoms with Crippen LogP contribution >= 0.6 is 11.3 Å². The molecule has 200 valence electrons. The summed E-state index contributed by atoms with van der Waals surface area (Å²) in [5.41, 5.74) is 7.26. The Morgan fingerprint density at radius 1 is 0.326 bits per heavy atom. The third-order valence-electron chi connectivity index (χ3n) is 9.06. The fourth-order valence-electron chi connectivity index (χ4n) is 7.14. The van der Waals surface area contributed by atoms with Gasteiger partial charge >= 0.3 is 0 Å². The lowest BCUT2D eigenvalue weighted by Crippen LogP contribution is -1.96. The molecule has 0 saturated carbocycles. The average Bonchev–Trinajstić information content (AvgIpc) is 3.69. The second-order valence-electron chi connectivity index (χ2n) is 11.4. The summed E-state index contributed by atoms with van der Waals surface area (Å²) in [5.74, 6) is 0. The van der Waals surface area contributed by atoms with Crippen molar-refractivity contribution in [1.82, 2.24) is 9.13 Å². The Morgan fingerprint density at radius 2 is 0.977 bits per heavy atom. The molecule has 0 spiro atoms. The molecule has 0 unspecified atom stereocenters. The highest BCUT2D eigenvalue weighted by Gasteiger charge is 2.20. The van der Waals surface area contributed by atoms with E-state index >= 15 is 0 Å². The van der Waals surface area contributed by atoms with Gasteiger partial charge in [-0.2, -0.15) is 0 Å². The molecule has 0 fully saturated rings. The minimum Gasteiger partial charge on any atom is -0.309 e. The predicted octanol–water partition coefficient (Wildman–Crippen LogP) is 11.4. The first kappa shape index (κ1) is 23.2. The van der Waals surface area contributed by atoms with Gasteiger partial charge in [0, 0.05) is 53.1 Å². The van der Waals surface area contributed by atoms with E-state index in [9.17, 15) is 0 Å². The van der Waals surface area contributed by atoms with E-state index in [2.05, 4.69) is 155 Å². The molecule has 3 heteroatoms. The molecule has 43 heavy (non-hydrogen) atoms. The van der Waals surface area contributed by atoms with Gasteiger partial charge in [0.15, 0.2) is 0 Å². The van der Waals surface area contributed by atoms with Crippen molar-refractivity contribution >= 4 is 85.9 Å². The third-order valence-corrected chi connectivity index (χ3v) is 10.2. The van der Waals surface area contributed by atoms with Crippen molar-refractivity contribution in [2.24, 2.45) is 0 Å². The molecule has 0 bridgehead atoms. The average molecular weight is 565 g/mol. The maximum Gasteiger partial charge on any atom is 0.0562 e. The molecule has 3 aromatic heterocycles. The van der Waals surface area contributed by atoms with Crippen LogP contribution in [0.1, 0.15) is 0 Å². The summed E-state index contributed by atoms with van der Waals surface area (Å²) in [6, 6.07) is 53.5. The van der Waals surface area contributed by atoms with E-state index in [4.69, 9.17) is 0 Å². The summed E-state index contributed by atoms with van der Waals surface area (Å²) < 4.78 is 7.56. The van der Waals surface area contributed by atoms with Crippen molar-refractivity contribution in [1.29, 1.82) is 0 Å². The van der Waals surface area contributed by atoms with Crippen LogP contribution in [0, 0.1) is 0 Å². The van der Waals surface area contributed by atoms with Crippen LogP contribution in [-0.4, -0.2) is 9.13 Å². The Balaban J connectivity index is 1.38. The van der Waals surface area contributed by atoms with Gasteiger partial charge in [-0.15, -0.1) is 11.3 Å². The molecule has 0 radical (unpaired) electrons. The Hall–Kier alpha value is -5.38. The second-order valence-corrected chi connectivity index (χ2v) is 12.5. The lowest BCUT2D eigenvalue weighted by molar-refractivity contribution is 1.17. The van der Waals surface area contributed by atoms with E-state index in [0.29, 0.717) is 0 Å². The first-order valence-electron chi connectivity index (χ1n) is 14.7. The third kappa shape index (κ3) is 3.23. The minimum absolute atomic E-state index is 1.18. The van der Waals surface area contributed by atoms with Crippen LogP contribution in [0.4, 0.5) is 0 Å². The molecule has 0 aliphatic carbocycles. The van der Waals surface area contributed by atoms with Crippen molar-refractivity contribution in [2.45, 2.75) is 0 Å². The number of rotatable bonds is 2. The van der Waals surface area contributed by atoms with Gasteiger partial charge in [-0.1, -0.05) is 84.9 Å². The van der Waals surface area contributed by atoms with Crippen LogP contribution in [0.5, 0.6) is 0 Å². The summed E-state index contributed by atoms with van der Waals surface area (Å²) in [6.07, 6.45) is 0. The summed E-state index contributed by atoms with van der Waals surface area (Å²) >= 11 is 1.89. The highest BCUT2D eigenvalue weighted by atomic mass is 32.1. The van der Waals surface area contributed by atoms with Gasteiger partial charge in [-0.05, 0) is 71.4 Å². The lowest BCUT2D eigenvalue weighted by Gasteiger charge is -2.11. The Morgan fingerprint density at radius 3 is 1.86 bits per heavy atom. The predicted molar refractivity (Wildman–Crippen MR) is 186 cm³/mol. The van der Waals surface area contributed by atoms with Crippen LogP contribution in [0.2, 0.25) is 0 Å². The van der Waals surface area contributed by atoms with E-state index < -0.39 is 0 Å². The van der Waals surface area contributed by atoms with Crippen LogP contribution < -0.4 is 0 Å². The zero-order valence-corrected chi connectivity index (χ0v) is 24.0. The van der Waals surface area contributed by atoms with Gasteiger partial charge in [-0.25, -0.2) is 0 Å². The van der Waals surface area contributed by atoms with Crippen LogP contribution in [0.25, 0.3) is 85.9 Å². The van der Waals surface area contributed by atoms with E-state index in [0.717, 1.165) is 0 Å². The number of nitrogens with zero attached hydrogens (tertiary/aromatic N) is 2. The molecule has 2 nitrogen and oxygen atoms in total. The Labute approximate surface area is 251 Å². The molecular formula is C40H24N2S. The van der Waals surface area contributed by atoms with Crippen LogP contribution in [0.15, 0.2) is 146 Å². The van der Waals surface area contributed by atoms with Gasteiger partial charge in [0.2, 0.25) is 0 Å². The standard InChI is InChI=1S/C40H24N2S/c1-2-12-27(13-3-1)41-36-22-34-30-15-7-9-17-39(30)43-40(34)23-33(36)32-21-31-29-14-6-8-16-35(29)42(37(31)24-38(32)41)28-19-18-25-10-4-5-11-26(25)20-28/h1-24H. The zero-order valence-electron chi connectivity index (χ0n) is 23.2. The van der Waals surface area contributed by atoms with Crippen LogP contribution in [-0.2, 0) is 0 Å². The van der Waals surface area contributed by atoms with Gasteiger partial charge in [0.25, 0.3) is 0 Å².